The highest BCUT2D eigenvalue weighted by Crippen LogP contribution is 2.36. The summed E-state index contributed by atoms with van der Waals surface area (Å²) >= 11 is 6.23. The summed E-state index contributed by atoms with van der Waals surface area (Å²) in [6, 6.07) is 13.0. The van der Waals surface area contributed by atoms with Gasteiger partial charge in [-0.3, -0.25) is 9.59 Å². The van der Waals surface area contributed by atoms with Crippen LogP contribution in [0.3, 0.4) is 0 Å². The van der Waals surface area contributed by atoms with Gasteiger partial charge in [0.25, 0.3) is 11.8 Å². The van der Waals surface area contributed by atoms with Crippen LogP contribution in [0, 0.1) is 0 Å². The summed E-state index contributed by atoms with van der Waals surface area (Å²) in [5.41, 5.74) is 6.64. The fourth-order valence-corrected chi connectivity index (χ4v) is 2.89. The molecule has 2 amide bonds. The molecule has 2 rings (SSSR count). The Morgan fingerprint density at radius 2 is 1.89 bits per heavy atom. The van der Waals surface area contributed by atoms with Crippen LogP contribution in [0.5, 0.6) is 11.5 Å². The maximum atomic E-state index is 12.9. The van der Waals surface area contributed by atoms with E-state index in [9.17, 15) is 9.59 Å². The van der Waals surface area contributed by atoms with Gasteiger partial charge in [0, 0.05) is 18.7 Å². The lowest BCUT2D eigenvalue weighted by atomic mass is 10.1. The Morgan fingerprint density at radius 3 is 2.48 bits per heavy atom. The topological polar surface area (TPSA) is 81.9 Å². The molecule has 2 aromatic rings. The Labute approximate surface area is 163 Å². The first kappa shape index (κ1) is 20.6. The molecule has 0 spiro atoms. The fourth-order valence-electron chi connectivity index (χ4n) is 2.62. The van der Waals surface area contributed by atoms with Gasteiger partial charge in [0.2, 0.25) is 0 Å². The van der Waals surface area contributed by atoms with E-state index < -0.39 is 5.91 Å². The standard InChI is InChI=1S/C20H23ClN2O4/c1-3-23(10-9-14-7-5-4-6-8-14)20(25)15-11-16(21)19(17(12-15)26-2)27-13-18(22)24/h4-8,11-12H,3,9-10,13H2,1-2H3,(H2,22,24). The molecule has 0 aromatic heterocycles. The van der Waals surface area contributed by atoms with Crippen LogP contribution in [0.2, 0.25) is 5.02 Å². The third-order valence-electron chi connectivity index (χ3n) is 4.02. The van der Waals surface area contributed by atoms with Gasteiger partial charge in [-0.2, -0.15) is 0 Å². The average molecular weight is 391 g/mol. The summed E-state index contributed by atoms with van der Waals surface area (Å²) in [5, 5.41) is 0.179. The molecular weight excluding hydrogens is 368 g/mol. The number of amides is 2. The minimum atomic E-state index is -0.633. The molecule has 0 aliphatic heterocycles. The smallest absolute Gasteiger partial charge is 0.255 e. The summed E-state index contributed by atoms with van der Waals surface area (Å²) in [6.07, 6.45) is 0.755. The largest absolute Gasteiger partial charge is 0.493 e. The molecule has 6 nitrogen and oxygen atoms in total. The zero-order valence-corrected chi connectivity index (χ0v) is 16.2. The molecule has 0 radical (unpaired) electrons. The molecule has 144 valence electrons. The van der Waals surface area contributed by atoms with E-state index in [0.29, 0.717) is 18.7 Å². The zero-order valence-electron chi connectivity index (χ0n) is 15.4. The molecule has 2 N–H and O–H groups in total. The Kier molecular flexibility index (Phi) is 7.49. The first-order valence-electron chi connectivity index (χ1n) is 8.58. The lowest BCUT2D eigenvalue weighted by Gasteiger charge is -2.22. The molecule has 0 saturated carbocycles. The van der Waals surface area contributed by atoms with Gasteiger partial charge in [0.1, 0.15) is 0 Å². The van der Waals surface area contributed by atoms with Crippen LogP contribution < -0.4 is 15.2 Å². The van der Waals surface area contributed by atoms with Crippen molar-refractivity contribution in [3.63, 3.8) is 0 Å². The van der Waals surface area contributed by atoms with E-state index in [1.807, 2.05) is 37.3 Å². The van der Waals surface area contributed by atoms with Crippen LogP contribution in [0.25, 0.3) is 0 Å². The number of nitrogens with two attached hydrogens (primary N) is 1. The van der Waals surface area contributed by atoms with Gasteiger partial charge in [0.05, 0.1) is 12.1 Å². The summed E-state index contributed by atoms with van der Waals surface area (Å²) in [5.74, 6) is -0.338. The van der Waals surface area contributed by atoms with Crippen LogP contribution in [-0.2, 0) is 11.2 Å². The van der Waals surface area contributed by atoms with Gasteiger partial charge < -0.3 is 20.1 Å². The summed E-state index contributed by atoms with van der Waals surface area (Å²) in [6.45, 7) is 2.73. The summed E-state index contributed by atoms with van der Waals surface area (Å²) in [7, 11) is 1.43. The highest BCUT2D eigenvalue weighted by atomic mass is 35.5. The molecule has 0 atom stereocenters. The van der Waals surface area contributed by atoms with Gasteiger partial charge in [-0.1, -0.05) is 41.9 Å². The lowest BCUT2D eigenvalue weighted by molar-refractivity contribution is -0.119. The van der Waals surface area contributed by atoms with Crippen molar-refractivity contribution in [1.29, 1.82) is 0 Å². The molecule has 0 aliphatic rings. The molecule has 0 unspecified atom stereocenters. The van der Waals surface area contributed by atoms with Crippen LogP contribution in [0.15, 0.2) is 42.5 Å². The van der Waals surface area contributed by atoms with Crippen molar-refractivity contribution in [3.05, 3.63) is 58.6 Å². The number of likely N-dealkylation sites (N-methyl/N-ethyl adjacent to an activating group) is 1. The molecule has 0 aliphatic carbocycles. The van der Waals surface area contributed by atoms with Crippen molar-refractivity contribution in [1.82, 2.24) is 4.90 Å². The normalized spacial score (nSPS) is 10.3. The van der Waals surface area contributed by atoms with Crippen molar-refractivity contribution in [2.45, 2.75) is 13.3 Å². The first-order chi connectivity index (χ1) is 13.0. The number of halogens is 1. The van der Waals surface area contributed by atoms with Crippen molar-refractivity contribution >= 4 is 23.4 Å². The van der Waals surface area contributed by atoms with Crippen LogP contribution in [0.4, 0.5) is 0 Å². The lowest BCUT2D eigenvalue weighted by Crippen LogP contribution is -2.32. The minimum absolute atomic E-state index is 0.157. The number of benzene rings is 2. The number of ether oxygens (including phenoxy) is 2. The van der Waals surface area contributed by atoms with E-state index in [1.165, 1.54) is 13.2 Å². The maximum absolute atomic E-state index is 12.9. The second-order valence-corrected chi connectivity index (χ2v) is 6.27. The van der Waals surface area contributed by atoms with Crippen molar-refractivity contribution < 1.29 is 19.1 Å². The van der Waals surface area contributed by atoms with E-state index in [4.69, 9.17) is 26.8 Å². The molecule has 0 fully saturated rings. The van der Waals surface area contributed by atoms with E-state index in [0.717, 1.165) is 12.0 Å². The van der Waals surface area contributed by atoms with Crippen molar-refractivity contribution in [2.24, 2.45) is 5.73 Å². The zero-order chi connectivity index (χ0) is 19.8. The molecule has 27 heavy (non-hydrogen) atoms. The Morgan fingerprint density at radius 1 is 1.19 bits per heavy atom. The Hall–Kier alpha value is -2.73. The number of carbonyl (C=O) groups excluding carboxylic acids is 2. The Balaban J connectivity index is 2.17. The number of nitrogens with zero attached hydrogens (tertiary/aromatic N) is 1. The van der Waals surface area contributed by atoms with E-state index >= 15 is 0 Å². The quantitative estimate of drug-likeness (QED) is 0.713. The van der Waals surface area contributed by atoms with Gasteiger partial charge >= 0.3 is 0 Å². The molecule has 2 aromatic carbocycles. The van der Waals surface area contributed by atoms with Gasteiger partial charge in [0.15, 0.2) is 18.1 Å². The number of methoxy groups -OCH3 is 1. The highest BCUT2D eigenvalue weighted by Gasteiger charge is 2.20. The summed E-state index contributed by atoms with van der Waals surface area (Å²) < 4.78 is 10.6. The third kappa shape index (κ3) is 5.62. The van der Waals surface area contributed by atoms with Crippen LogP contribution >= 0.6 is 11.6 Å². The third-order valence-corrected chi connectivity index (χ3v) is 4.30. The van der Waals surface area contributed by atoms with Gasteiger partial charge in [-0.25, -0.2) is 0 Å². The minimum Gasteiger partial charge on any atom is -0.493 e. The summed E-state index contributed by atoms with van der Waals surface area (Å²) in [4.78, 5) is 25.6. The first-order valence-corrected chi connectivity index (χ1v) is 8.95. The van der Waals surface area contributed by atoms with E-state index in [-0.39, 0.29) is 29.0 Å². The van der Waals surface area contributed by atoms with Gasteiger partial charge in [-0.05, 0) is 31.0 Å². The Bertz CT molecular complexity index is 796. The monoisotopic (exact) mass is 390 g/mol. The average Bonchev–Trinajstić information content (AvgIpc) is 2.67. The van der Waals surface area contributed by atoms with Gasteiger partial charge in [-0.15, -0.1) is 0 Å². The molecule has 0 saturated heterocycles. The molecule has 0 heterocycles. The van der Waals surface area contributed by atoms with E-state index in [2.05, 4.69) is 0 Å². The number of rotatable bonds is 9. The molecular formula is C20H23ClN2O4. The van der Waals surface area contributed by atoms with Crippen molar-refractivity contribution in [2.75, 3.05) is 26.8 Å². The maximum Gasteiger partial charge on any atom is 0.255 e. The molecule has 0 bridgehead atoms. The van der Waals surface area contributed by atoms with E-state index in [1.54, 1.807) is 11.0 Å². The van der Waals surface area contributed by atoms with Crippen molar-refractivity contribution in [3.8, 4) is 11.5 Å². The second kappa shape index (κ2) is 9.83. The molecule has 7 heteroatoms. The van der Waals surface area contributed by atoms with Crippen LogP contribution in [-0.4, -0.2) is 43.5 Å². The number of primary amides is 1. The number of hydrogen-bond acceptors (Lipinski definition) is 4. The predicted octanol–water partition coefficient (Wildman–Crippen LogP) is 2.92. The highest BCUT2D eigenvalue weighted by molar-refractivity contribution is 6.32. The second-order valence-electron chi connectivity index (χ2n) is 5.86. The SMILES string of the molecule is CCN(CCc1ccccc1)C(=O)c1cc(Cl)c(OCC(N)=O)c(OC)c1. The fraction of sp³-hybridized carbons (Fsp3) is 0.300. The van der Waals surface area contributed by atoms with Crippen LogP contribution in [0.1, 0.15) is 22.8 Å². The number of carbonyl (C=O) groups is 2. The number of hydrogen-bond donors (Lipinski definition) is 1. The predicted molar refractivity (Wildman–Crippen MR) is 104 cm³/mol.